The molecule has 2 aromatic rings. The molecule has 118 valence electrons. The van der Waals surface area contributed by atoms with Crippen LogP contribution in [-0.4, -0.2) is 22.6 Å². The summed E-state index contributed by atoms with van der Waals surface area (Å²) in [6.45, 7) is 3.61. The molecular formula is C16H19NO4S. The lowest BCUT2D eigenvalue weighted by Gasteiger charge is -2.14. The Morgan fingerprint density at radius 3 is 2.27 bits per heavy atom. The summed E-state index contributed by atoms with van der Waals surface area (Å²) in [5, 5.41) is 0. The van der Waals surface area contributed by atoms with Crippen molar-refractivity contribution >= 4 is 15.7 Å². The molecule has 0 aliphatic rings. The molecular weight excluding hydrogens is 302 g/mol. The molecule has 0 aliphatic heterocycles. The number of anilines is 1. The molecule has 0 aromatic heterocycles. The number of aryl methyl sites for hydroxylation is 2. The second-order valence-corrected chi connectivity index (χ2v) is 6.59. The Bertz CT molecular complexity index is 785. The van der Waals surface area contributed by atoms with E-state index in [0.717, 1.165) is 5.56 Å². The second-order valence-electron chi connectivity index (χ2n) is 4.94. The number of benzene rings is 2. The van der Waals surface area contributed by atoms with Crippen LogP contribution in [0.3, 0.4) is 0 Å². The van der Waals surface area contributed by atoms with Gasteiger partial charge in [0, 0.05) is 0 Å². The zero-order valence-corrected chi connectivity index (χ0v) is 13.8. The summed E-state index contributed by atoms with van der Waals surface area (Å²) in [6.07, 6.45) is 0. The van der Waals surface area contributed by atoms with Gasteiger partial charge in [0.1, 0.15) is 11.5 Å². The first kappa shape index (κ1) is 16.2. The van der Waals surface area contributed by atoms with Crippen molar-refractivity contribution in [2.75, 3.05) is 18.9 Å². The Hall–Kier alpha value is -2.21. The van der Waals surface area contributed by atoms with Gasteiger partial charge < -0.3 is 9.47 Å². The molecule has 0 amide bonds. The van der Waals surface area contributed by atoms with Crippen molar-refractivity contribution in [2.45, 2.75) is 18.7 Å². The van der Waals surface area contributed by atoms with E-state index in [1.807, 2.05) is 13.0 Å². The maximum absolute atomic E-state index is 12.6. The van der Waals surface area contributed by atoms with Gasteiger partial charge in [-0.3, -0.25) is 4.72 Å². The van der Waals surface area contributed by atoms with Crippen LogP contribution in [0.2, 0.25) is 0 Å². The summed E-state index contributed by atoms with van der Waals surface area (Å²) in [5.74, 6) is 1.09. The topological polar surface area (TPSA) is 64.6 Å². The molecule has 1 N–H and O–H groups in total. The van der Waals surface area contributed by atoms with Crippen molar-refractivity contribution in [1.82, 2.24) is 0 Å². The average Bonchev–Trinajstić information content (AvgIpc) is 2.46. The number of nitrogens with one attached hydrogen (secondary N) is 1. The van der Waals surface area contributed by atoms with Gasteiger partial charge in [-0.25, -0.2) is 8.42 Å². The highest BCUT2D eigenvalue weighted by Gasteiger charge is 2.19. The highest BCUT2D eigenvalue weighted by atomic mass is 32.2. The summed E-state index contributed by atoms with van der Waals surface area (Å²) in [5.41, 5.74) is 1.96. The summed E-state index contributed by atoms with van der Waals surface area (Å²) in [7, 11) is -0.662. The van der Waals surface area contributed by atoms with Crippen LogP contribution < -0.4 is 14.2 Å². The van der Waals surface area contributed by atoms with E-state index in [4.69, 9.17) is 9.47 Å². The highest BCUT2D eigenvalue weighted by molar-refractivity contribution is 7.92. The molecule has 6 heteroatoms. The van der Waals surface area contributed by atoms with Crippen LogP contribution in [0.4, 0.5) is 5.69 Å². The van der Waals surface area contributed by atoms with Crippen LogP contribution in [0, 0.1) is 13.8 Å². The largest absolute Gasteiger partial charge is 0.497 e. The average molecular weight is 321 g/mol. The molecule has 0 bridgehead atoms. The van der Waals surface area contributed by atoms with E-state index in [0.29, 0.717) is 22.7 Å². The second kappa shape index (κ2) is 6.27. The van der Waals surface area contributed by atoms with Crippen LogP contribution in [0.15, 0.2) is 41.3 Å². The summed E-state index contributed by atoms with van der Waals surface area (Å²) >= 11 is 0. The highest BCUT2D eigenvalue weighted by Crippen LogP contribution is 2.29. The number of hydrogen-bond donors (Lipinski definition) is 1. The van der Waals surface area contributed by atoms with E-state index in [1.165, 1.54) is 13.2 Å². The van der Waals surface area contributed by atoms with Gasteiger partial charge in [0.2, 0.25) is 0 Å². The number of ether oxygens (including phenoxy) is 2. The van der Waals surface area contributed by atoms with E-state index in [2.05, 4.69) is 4.72 Å². The zero-order chi connectivity index (χ0) is 16.3. The van der Waals surface area contributed by atoms with Gasteiger partial charge >= 0.3 is 0 Å². The molecule has 0 atom stereocenters. The monoisotopic (exact) mass is 321 g/mol. The van der Waals surface area contributed by atoms with Gasteiger partial charge in [0.15, 0.2) is 0 Å². The first-order chi connectivity index (χ1) is 10.4. The fourth-order valence-corrected chi connectivity index (χ4v) is 3.44. The van der Waals surface area contributed by atoms with Gasteiger partial charge in [-0.2, -0.15) is 0 Å². The predicted octanol–water partition coefficient (Wildman–Crippen LogP) is 3.12. The van der Waals surface area contributed by atoms with Crippen molar-refractivity contribution in [2.24, 2.45) is 0 Å². The predicted molar refractivity (Wildman–Crippen MR) is 86.3 cm³/mol. The van der Waals surface area contributed by atoms with Crippen molar-refractivity contribution in [3.63, 3.8) is 0 Å². The van der Waals surface area contributed by atoms with E-state index in [1.54, 1.807) is 38.3 Å². The Labute approximate surface area is 130 Å². The molecule has 0 aliphatic carbocycles. The van der Waals surface area contributed by atoms with Crippen LogP contribution in [-0.2, 0) is 10.0 Å². The molecule has 5 nitrogen and oxygen atoms in total. The minimum absolute atomic E-state index is 0.205. The van der Waals surface area contributed by atoms with Crippen LogP contribution in [0.25, 0.3) is 0 Å². The fraction of sp³-hybridized carbons (Fsp3) is 0.250. The van der Waals surface area contributed by atoms with Crippen LogP contribution >= 0.6 is 0 Å². The maximum atomic E-state index is 12.6. The van der Waals surface area contributed by atoms with E-state index in [9.17, 15) is 8.42 Å². The van der Waals surface area contributed by atoms with Crippen molar-refractivity contribution < 1.29 is 17.9 Å². The molecule has 0 unspecified atom stereocenters. The Morgan fingerprint density at radius 1 is 0.955 bits per heavy atom. The first-order valence-electron chi connectivity index (χ1n) is 6.69. The third-order valence-corrected chi connectivity index (χ3v) is 4.80. The third-order valence-electron chi connectivity index (χ3n) is 3.27. The zero-order valence-electron chi connectivity index (χ0n) is 13.0. The van der Waals surface area contributed by atoms with Gasteiger partial charge in [-0.15, -0.1) is 0 Å². The summed E-state index contributed by atoms with van der Waals surface area (Å²) in [4.78, 5) is 0.205. The minimum Gasteiger partial charge on any atom is -0.497 e. The Morgan fingerprint density at radius 2 is 1.68 bits per heavy atom. The van der Waals surface area contributed by atoms with Gasteiger partial charge in [0.05, 0.1) is 24.8 Å². The van der Waals surface area contributed by atoms with Crippen LogP contribution in [0.1, 0.15) is 11.1 Å². The van der Waals surface area contributed by atoms with Crippen molar-refractivity contribution in [1.29, 1.82) is 0 Å². The Kier molecular flexibility index (Phi) is 4.61. The normalized spacial score (nSPS) is 11.1. The number of methoxy groups -OCH3 is 2. The first-order valence-corrected chi connectivity index (χ1v) is 8.18. The standard InChI is InChI=1S/C16H19NO4S/c1-11-5-7-15(21-4)14(9-11)17-22(18,19)16-8-6-13(20-3)10-12(16)2/h5-10,17H,1-4H3. The maximum Gasteiger partial charge on any atom is 0.262 e. The molecule has 0 spiro atoms. The fourth-order valence-electron chi connectivity index (χ4n) is 2.15. The Balaban J connectivity index is 2.42. The minimum atomic E-state index is -3.70. The molecule has 22 heavy (non-hydrogen) atoms. The van der Waals surface area contributed by atoms with E-state index in [-0.39, 0.29) is 4.90 Å². The lowest BCUT2D eigenvalue weighted by atomic mass is 10.2. The van der Waals surface area contributed by atoms with E-state index >= 15 is 0 Å². The van der Waals surface area contributed by atoms with Crippen molar-refractivity contribution in [3.8, 4) is 11.5 Å². The molecule has 0 saturated carbocycles. The lowest BCUT2D eigenvalue weighted by molar-refractivity contribution is 0.414. The van der Waals surface area contributed by atoms with Gasteiger partial charge in [0.25, 0.3) is 10.0 Å². The number of hydrogen-bond acceptors (Lipinski definition) is 4. The van der Waals surface area contributed by atoms with Gasteiger partial charge in [-0.1, -0.05) is 6.07 Å². The lowest BCUT2D eigenvalue weighted by Crippen LogP contribution is -2.15. The smallest absolute Gasteiger partial charge is 0.262 e. The summed E-state index contributed by atoms with van der Waals surface area (Å²) in [6, 6.07) is 10.1. The third kappa shape index (κ3) is 3.33. The molecule has 0 saturated heterocycles. The molecule has 2 rings (SSSR count). The molecule has 0 heterocycles. The van der Waals surface area contributed by atoms with Crippen molar-refractivity contribution in [3.05, 3.63) is 47.5 Å². The molecule has 0 fully saturated rings. The number of rotatable bonds is 5. The molecule has 2 aromatic carbocycles. The van der Waals surface area contributed by atoms with Gasteiger partial charge in [-0.05, 0) is 55.3 Å². The quantitative estimate of drug-likeness (QED) is 0.919. The number of sulfonamides is 1. The van der Waals surface area contributed by atoms with E-state index < -0.39 is 10.0 Å². The molecule has 0 radical (unpaired) electrons. The SMILES string of the molecule is COc1ccc(S(=O)(=O)Nc2cc(C)ccc2OC)c(C)c1. The van der Waals surface area contributed by atoms with Crippen LogP contribution in [0.5, 0.6) is 11.5 Å². The summed E-state index contributed by atoms with van der Waals surface area (Å²) < 4.78 is 38.1.